The molecule has 1 N–H and O–H groups in total. The number of methoxy groups -OCH3 is 1. The Morgan fingerprint density at radius 1 is 1.35 bits per heavy atom. The molecule has 2 rings (SSSR count). The van der Waals surface area contributed by atoms with E-state index in [1.54, 1.807) is 12.1 Å². The molecule has 1 aromatic rings. The fraction of sp³-hybridized carbons (Fsp3) is 0.562. The number of hydrogen-bond acceptors (Lipinski definition) is 4. The molecule has 4 heteroatoms. The molecule has 1 saturated heterocycles. The molecular formula is C16H23NO3. The largest absolute Gasteiger partial charge is 0.465 e. The summed E-state index contributed by atoms with van der Waals surface area (Å²) in [6, 6.07) is 8.25. The van der Waals surface area contributed by atoms with Crippen LogP contribution in [0, 0.1) is 0 Å². The van der Waals surface area contributed by atoms with Gasteiger partial charge in [0.25, 0.3) is 0 Å². The number of piperidine rings is 1. The zero-order valence-electron chi connectivity index (χ0n) is 12.2. The molecule has 2 atom stereocenters. The lowest BCUT2D eigenvalue weighted by Crippen LogP contribution is -2.46. The number of carbonyl (C=O) groups is 1. The summed E-state index contributed by atoms with van der Waals surface area (Å²) in [6.07, 6.45) is 3.42. The van der Waals surface area contributed by atoms with Gasteiger partial charge < -0.3 is 9.84 Å². The van der Waals surface area contributed by atoms with Gasteiger partial charge in [-0.1, -0.05) is 18.6 Å². The van der Waals surface area contributed by atoms with Crippen LogP contribution >= 0.6 is 0 Å². The minimum Gasteiger partial charge on any atom is -0.465 e. The van der Waals surface area contributed by atoms with E-state index < -0.39 is 0 Å². The number of rotatable bonds is 4. The van der Waals surface area contributed by atoms with Crippen LogP contribution in [0.1, 0.15) is 42.1 Å². The number of benzene rings is 1. The summed E-state index contributed by atoms with van der Waals surface area (Å²) in [4.78, 5) is 13.8. The van der Waals surface area contributed by atoms with Gasteiger partial charge in [0, 0.05) is 18.6 Å². The van der Waals surface area contributed by atoms with Crippen molar-refractivity contribution >= 4 is 5.97 Å². The van der Waals surface area contributed by atoms with Crippen molar-refractivity contribution in [3.05, 3.63) is 35.4 Å². The SMILES string of the molecule is COC(=O)c1ccc(CN2C(C)CCCC2CO)cc1. The highest BCUT2D eigenvalue weighted by Gasteiger charge is 2.27. The number of hydrogen-bond donors (Lipinski definition) is 1. The second kappa shape index (κ2) is 6.86. The van der Waals surface area contributed by atoms with E-state index in [9.17, 15) is 9.90 Å². The maximum absolute atomic E-state index is 11.4. The number of ether oxygens (including phenoxy) is 1. The molecule has 1 aromatic carbocycles. The monoisotopic (exact) mass is 277 g/mol. The number of esters is 1. The summed E-state index contributed by atoms with van der Waals surface area (Å²) in [5, 5.41) is 9.50. The van der Waals surface area contributed by atoms with Crippen LogP contribution in [0.25, 0.3) is 0 Å². The quantitative estimate of drug-likeness (QED) is 0.857. The van der Waals surface area contributed by atoms with Gasteiger partial charge in [-0.25, -0.2) is 4.79 Å². The van der Waals surface area contributed by atoms with E-state index >= 15 is 0 Å². The van der Waals surface area contributed by atoms with Crippen LogP contribution in [-0.4, -0.2) is 41.8 Å². The van der Waals surface area contributed by atoms with Gasteiger partial charge in [-0.2, -0.15) is 0 Å². The van der Waals surface area contributed by atoms with Crippen molar-refractivity contribution in [2.75, 3.05) is 13.7 Å². The number of aliphatic hydroxyl groups excluding tert-OH is 1. The fourth-order valence-corrected chi connectivity index (χ4v) is 2.90. The third kappa shape index (κ3) is 3.38. The lowest BCUT2D eigenvalue weighted by Gasteiger charge is -2.40. The normalized spacial score (nSPS) is 23.6. The van der Waals surface area contributed by atoms with E-state index in [2.05, 4.69) is 11.8 Å². The third-order valence-corrected chi connectivity index (χ3v) is 4.15. The van der Waals surface area contributed by atoms with Gasteiger partial charge in [-0.05, 0) is 37.5 Å². The molecule has 2 unspecified atom stereocenters. The summed E-state index contributed by atoms with van der Waals surface area (Å²) in [5.41, 5.74) is 1.73. The molecule has 0 aliphatic carbocycles. The molecule has 1 fully saturated rings. The average molecular weight is 277 g/mol. The molecule has 0 radical (unpaired) electrons. The summed E-state index contributed by atoms with van der Waals surface area (Å²) in [5.74, 6) is -0.309. The molecule has 0 spiro atoms. The van der Waals surface area contributed by atoms with Gasteiger partial charge >= 0.3 is 5.97 Å². The van der Waals surface area contributed by atoms with Crippen molar-refractivity contribution in [2.24, 2.45) is 0 Å². The van der Waals surface area contributed by atoms with Gasteiger partial charge in [-0.15, -0.1) is 0 Å². The third-order valence-electron chi connectivity index (χ3n) is 4.15. The lowest BCUT2D eigenvalue weighted by molar-refractivity contribution is 0.0451. The molecule has 0 amide bonds. The second-order valence-electron chi connectivity index (χ2n) is 5.48. The van der Waals surface area contributed by atoms with E-state index in [0.717, 1.165) is 18.5 Å². The fourth-order valence-electron chi connectivity index (χ4n) is 2.90. The van der Waals surface area contributed by atoms with Crippen molar-refractivity contribution < 1.29 is 14.6 Å². The average Bonchev–Trinajstić information content (AvgIpc) is 2.49. The predicted octanol–water partition coefficient (Wildman–Crippen LogP) is 2.21. The zero-order valence-corrected chi connectivity index (χ0v) is 12.2. The molecule has 110 valence electrons. The van der Waals surface area contributed by atoms with E-state index in [0.29, 0.717) is 11.6 Å². The Balaban J connectivity index is 2.06. The second-order valence-corrected chi connectivity index (χ2v) is 5.48. The molecule has 1 heterocycles. The smallest absolute Gasteiger partial charge is 0.337 e. The first kappa shape index (κ1) is 15.0. The first-order valence-corrected chi connectivity index (χ1v) is 7.19. The number of likely N-dealkylation sites (tertiary alicyclic amines) is 1. The highest BCUT2D eigenvalue weighted by atomic mass is 16.5. The van der Waals surface area contributed by atoms with Crippen LogP contribution in [0.15, 0.2) is 24.3 Å². The Bertz CT molecular complexity index is 444. The van der Waals surface area contributed by atoms with E-state index in [-0.39, 0.29) is 18.6 Å². The first-order chi connectivity index (χ1) is 9.65. The van der Waals surface area contributed by atoms with E-state index in [1.165, 1.54) is 20.0 Å². The first-order valence-electron chi connectivity index (χ1n) is 7.19. The molecule has 1 aliphatic rings. The Hall–Kier alpha value is -1.39. The van der Waals surface area contributed by atoms with Gasteiger partial charge in [-0.3, -0.25) is 4.90 Å². The van der Waals surface area contributed by atoms with Gasteiger partial charge in [0.05, 0.1) is 19.3 Å². The molecule has 4 nitrogen and oxygen atoms in total. The number of aliphatic hydroxyl groups is 1. The highest BCUT2D eigenvalue weighted by molar-refractivity contribution is 5.89. The summed E-state index contributed by atoms with van der Waals surface area (Å²) in [6.45, 7) is 3.24. The predicted molar refractivity (Wildman–Crippen MR) is 77.5 cm³/mol. The van der Waals surface area contributed by atoms with Gasteiger partial charge in [0.2, 0.25) is 0 Å². The highest BCUT2D eigenvalue weighted by Crippen LogP contribution is 2.24. The Morgan fingerprint density at radius 3 is 2.65 bits per heavy atom. The van der Waals surface area contributed by atoms with Crippen molar-refractivity contribution in [2.45, 2.75) is 44.8 Å². The standard InChI is InChI=1S/C16H23NO3/c1-12-4-3-5-15(11-18)17(12)10-13-6-8-14(9-7-13)16(19)20-2/h6-9,12,15,18H,3-5,10-11H2,1-2H3. The number of nitrogens with zero attached hydrogens (tertiary/aromatic N) is 1. The topological polar surface area (TPSA) is 49.8 Å². The number of carbonyl (C=O) groups excluding carboxylic acids is 1. The maximum atomic E-state index is 11.4. The van der Waals surface area contributed by atoms with Crippen molar-refractivity contribution in [3.63, 3.8) is 0 Å². The van der Waals surface area contributed by atoms with E-state index in [4.69, 9.17) is 4.74 Å². The summed E-state index contributed by atoms with van der Waals surface area (Å²) < 4.78 is 4.70. The molecule has 1 aliphatic heterocycles. The van der Waals surface area contributed by atoms with Crippen LogP contribution < -0.4 is 0 Å². The molecule has 0 saturated carbocycles. The van der Waals surface area contributed by atoms with Crippen LogP contribution in [-0.2, 0) is 11.3 Å². The zero-order chi connectivity index (χ0) is 14.5. The van der Waals surface area contributed by atoms with Crippen molar-refractivity contribution in [3.8, 4) is 0 Å². The van der Waals surface area contributed by atoms with E-state index in [1.807, 2.05) is 12.1 Å². The van der Waals surface area contributed by atoms with Crippen LogP contribution in [0.4, 0.5) is 0 Å². The Morgan fingerprint density at radius 2 is 2.05 bits per heavy atom. The summed E-state index contributed by atoms with van der Waals surface area (Å²) >= 11 is 0. The van der Waals surface area contributed by atoms with Crippen molar-refractivity contribution in [1.29, 1.82) is 0 Å². The lowest BCUT2D eigenvalue weighted by atomic mass is 9.96. The van der Waals surface area contributed by atoms with Crippen molar-refractivity contribution in [1.82, 2.24) is 4.90 Å². The summed E-state index contributed by atoms with van der Waals surface area (Å²) in [7, 11) is 1.39. The Kier molecular flexibility index (Phi) is 5.15. The molecule has 0 aromatic heterocycles. The van der Waals surface area contributed by atoms with Crippen LogP contribution in [0.3, 0.4) is 0 Å². The minimum absolute atomic E-state index is 0.213. The Labute approximate surface area is 120 Å². The van der Waals surface area contributed by atoms with Gasteiger partial charge in [0.1, 0.15) is 0 Å². The molecule has 20 heavy (non-hydrogen) atoms. The maximum Gasteiger partial charge on any atom is 0.337 e. The minimum atomic E-state index is -0.309. The van der Waals surface area contributed by atoms with Crippen LogP contribution in [0.5, 0.6) is 0 Å². The molecule has 0 bridgehead atoms. The van der Waals surface area contributed by atoms with Crippen LogP contribution in [0.2, 0.25) is 0 Å². The van der Waals surface area contributed by atoms with Gasteiger partial charge in [0.15, 0.2) is 0 Å². The molecular weight excluding hydrogens is 254 g/mol.